The molecule has 3 heterocycles. The molecule has 0 radical (unpaired) electrons. The maximum absolute atomic E-state index is 11.7. The Bertz CT molecular complexity index is 441. The van der Waals surface area contributed by atoms with E-state index in [-0.39, 0.29) is 36.1 Å². The molecular weight excluding hydrogens is 240 g/mol. The van der Waals surface area contributed by atoms with Crippen molar-refractivity contribution in [3.63, 3.8) is 0 Å². The molecular formula is C11H14N2O5. The Balaban J connectivity index is 1.97. The fourth-order valence-electron chi connectivity index (χ4n) is 2.62. The van der Waals surface area contributed by atoms with Gasteiger partial charge in [0.1, 0.15) is 18.8 Å². The molecule has 3 atom stereocenters. The minimum Gasteiger partial charge on any atom is -0.490 e. The highest BCUT2D eigenvalue weighted by atomic mass is 16.5. The second kappa shape index (κ2) is 3.96. The molecule has 3 rings (SSSR count). The molecule has 0 aromatic rings. The van der Waals surface area contributed by atoms with Crippen LogP contribution >= 0.6 is 0 Å². The summed E-state index contributed by atoms with van der Waals surface area (Å²) in [7, 11) is 0. The van der Waals surface area contributed by atoms with Gasteiger partial charge in [0.25, 0.3) is 0 Å². The van der Waals surface area contributed by atoms with Gasteiger partial charge >= 0.3 is 5.97 Å². The third-order valence-corrected chi connectivity index (χ3v) is 3.58. The van der Waals surface area contributed by atoms with E-state index in [4.69, 9.17) is 15.2 Å². The van der Waals surface area contributed by atoms with E-state index >= 15 is 0 Å². The smallest absolute Gasteiger partial charge is 0.356 e. The minimum atomic E-state index is -1.18. The molecule has 18 heavy (non-hydrogen) atoms. The second-order valence-electron chi connectivity index (χ2n) is 4.63. The van der Waals surface area contributed by atoms with E-state index < -0.39 is 12.0 Å². The van der Waals surface area contributed by atoms with E-state index in [0.29, 0.717) is 13.0 Å². The number of nitrogens with two attached hydrogens (primary N) is 1. The first-order valence-corrected chi connectivity index (χ1v) is 5.91. The molecule has 1 amide bonds. The molecule has 0 saturated carbocycles. The number of aliphatic carboxylic acids is 1. The van der Waals surface area contributed by atoms with Gasteiger partial charge in [-0.05, 0) is 12.8 Å². The fourth-order valence-corrected chi connectivity index (χ4v) is 2.62. The number of fused-ring (bicyclic) bond motifs is 1. The SMILES string of the molecule is N[C@@H]1C(=O)N2C(C(=O)O)=C(C3CCCO3)OC[C@H]12. The summed E-state index contributed by atoms with van der Waals surface area (Å²) in [4.78, 5) is 24.2. The molecule has 0 aliphatic carbocycles. The van der Waals surface area contributed by atoms with Gasteiger partial charge in [-0.15, -0.1) is 0 Å². The van der Waals surface area contributed by atoms with Crippen LogP contribution in [0.4, 0.5) is 0 Å². The van der Waals surface area contributed by atoms with E-state index in [1.54, 1.807) is 0 Å². The number of carbonyl (C=O) groups is 2. The number of rotatable bonds is 2. The number of β-lactam (4-membered cyclic amide) rings is 1. The van der Waals surface area contributed by atoms with Gasteiger partial charge in [0.05, 0.1) is 6.04 Å². The lowest BCUT2D eigenvalue weighted by Crippen LogP contribution is -2.71. The summed E-state index contributed by atoms with van der Waals surface area (Å²) in [5.41, 5.74) is 5.51. The van der Waals surface area contributed by atoms with Crippen molar-refractivity contribution in [3.05, 3.63) is 11.5 Å². The molecule has 7 nitrogen and oxygen atoms in total. The first-order chi connectivity index (χ1) is 8.61. The van der Waals surface area contributed by atoms with Crippen molar-refractivity contribution in [3.8, 4) is 0 Å². The van der Waals surface area contributed by atoms with Crippen LogP contribution in [0.1, 0.15) is 12.8 Å². The molecule has 0 bridgehead atoms. The third-order valence-electron chi connectivity index (χ3n) is 3.58. The van der Waals surface area contributed by atoms with Crippen molar-refractivity contribution in [2.45, 2.75) is 31.0 Å². The molecule has 0 aromatic heterocycles. The zero-order valence-electron chi connectivity index (χ0n) is 9.67. The van der Waals surface area contributed by atoms with Crippen molar-refractivity contribution >= 4 is 11.9 Å². The Kier molecular flexibility index (Phi) is 2.53. The van der Waals surface area contributed by atoms with E-state index in [0.717, 1.165) is 6.42 Å². The van der Waals surface area contributed by atoms with E-state index in [9.17, 15) is 14.7 Å². The third kappa shape index (κ3) is 1.44. The van der Waals surface area contributed by atoms with Crippen molar-refractivity contribution in [1.82, 2.24) is 4.90 Å². The first kappa shape index (κ1) is 11.5. The Labute approximate surface area is 103 Å². The van der Waals surface area contributed by atoms with Gasteiger partial charge in [0.15, 0.2) is 11.5 Å². The Morgan fingerprint density at radius 1 is 1.50 bits per heavy atom. The summed E-state index contributed by atoms with van der Waals surface area (Å²) in [6.07, 6.45) is 1.22. The van der Waals surface area contributed by atoms with Gasteiger partial charge in [-0.3, -0.25) is 9.69 Å². The molecule has 7 heteroatoms. The van der Waals surface area contributed by atoms with Crippen LogP contribution in [0.3, 0.4) is 0 Å². The molecule has 2 saturated heterocycles. The molecule has 98 valence electrons. The summed E-state index contributed by atoms with van der Waals surface area (Å²) in [5.74, 6) is -1.28. The number of carbonyl (C=O) groups excluding carboxylic acids is 1. The monoisotopic (exact) mass is 254 g/mol. The van der Waals surface area contributed by atoms with Crippen LogP contribution in [0.5, 0.6) is 0 Å². The van der Waals surface area contributed by atoms with Gasteiger partial charge in [-0.25, -0.2) is 4.79 Å². The van der Waals surface area contributed by atoms with Crippen molar-refractivity contribution in [2.24, 2.45) is 5.73 Å². The van der Waals surface area contributed by atoms with Crippen LogP contribution in [-0.2, 0) is 19.1 Å². The van der Waals surface area contributed by atoms with Crippen LogP contribution in [0.25, 0.3) is 0 Å². The van der Waals surface area contributed by atoms with Gasteiger partial charge in [0.2, 0.25) is 5.91 Å². The summed E-state index contributed by atoms with van der Waals surface area (Å²) in [6, 6.07) is -1.03. The van der Waals surface area contributed by atoms with Gasteiger partial charge in [-0.1, -0.05) is 0 Å². The van der Waals surface area contributed by atoms with Crippen LogP contribution < -0.4 is 5.73 Å². The Morgan fingerprint density at radius 3 is 2.89 bits per heavy atom. The van der Waals surface area contributed by atoms with Crippen LogP contribution in [-0.4, -0.2) is 53.3 Å². The average molecular weight is 254 g/mol. The number of carboxylic acid groups (broad SMARTS) is 1. The molecule has 0 spiro atoms. The van der Waals surface area contributed by atoms with Crippen molar-refractivity contribution < 1.29 is 24.2 Å². The quantitative estimate of drug-likeness (QED) is 0.615. The maximum atomic E-state index is 11.7. The number of ether oxygens (including phenoxy) is 2. The highest BCUT2D eigenvalue weighted by molar-refractivity contribution is 5.99. The maximum Gasteiger partial charge on any atom is 0.356 e. The molecule has 3 aliphatic heterocycles. The lowest BCUT2D eigenvalue weighted by atomic mass is 9.93. The van der Waals surface area contributed by atoms with Crippen molar-refractivity contribution in [1.29, 1.82) is 0 Å². The Morgan fingerprint density at radius 2 is 2.28 bits per heavy atom. The number of hydrogen-bond acceptors (Lipinski definition) is 5. The Hall–Kier alpha value is -1.60. The topological polar surface area (TPSA) is 102 Å². The van der Waals surface area contributed by atoms with E-state index in [2.05, 4.69) is 0 Å². The average Bonchev–Trinajstić information content (AvgIpc) is 2.89. The second-order valence-corrected chi connectivity index (χ2v) is 4.63. The highest BCUT2D eigenvalue weighted by Crippen LogP contribution is 2.35. The van der Waals surface area contributed by atoms with E-state index in [1.807, 2.05) is 0 Å². The molecule has 3 N–H and O–H groups in total. The van der Waals surface area contributed by atoms with Gasteiger partial charge in [0, 0.05) is 6.61 Å². The van der Waals surface area contributed by atoms with E-state index in [1.165, 1.54) is 4.90 Å². The van der Waals surface area contributed by atoms with Crippen LogP contribution in [0.15, 0.2) is 11.5 Å². The zero-order valence-corrected chi connectivity index (χ0v) is 9.67. The molecule has 1 unspecified atom stereocenters. The molecule has 2 fully saturated rings. The minimum absolute atomic E-state index is 0.107. The number of hydrogen-bond donors (Lipinski definition) is 2. The predicted molar refractivity (Wildman–Crippen MR) is 58.2 cm³/mol. The largest absolute Gasteiger partial charge is 0.490 e. The fraction of sp³-hybridized carbons (Fsp3) is 0.636. The number of nitrogens with zero attached hydrogens (tertiary/aromatic N) is 1. The summed E-state index contributed by atoms with van der Waals surface area (Å²) >= 11 is 0. The van der Waals surface area contributed by atoms with Crippen molar-refractivity contribution in [2.75, 3.05) is 13.2 Å². The molecule has 0 aromatic carbocycles. The summed E-state index contributed by atoms with van der Waals surface area (Å²) in [6.45, 7) is 0.820. The summed E-state index contributed by atoms with van der Waals surface area (Å²) in [5, 5.41) is 9.27. The van der Waals surface area contributed by atoms with Crippen LogP contribution in [0.2, 0.25) is 0 Å². The standard InChI is InChI=1S/C11H14N2O5/c12-7-5-4-18-9(6-2-1-3-17-6)8(11(15)16)13(5)10(7)14/h5-7H,1-4,12H2,(H,15,16)/t5-,6?,7+/m1/s1. The lowest BCUT2D eigenvalue weighted by Gasteiger charge is -2.48. The van der Waals surface area contributed by atoms with Crippen LogP contribution in [0, 0.1) is 0 Å². The molecule has 3 aliphatic rings. The van der Waals surface area contributed by atoms with Gasteiger partial charge in [-0.2, -0.15) is 0 Å². The number of amides is 1. The summed E-state index contributed by atoms with van der Waals surface area (Å²) < 4.78 is 10.9. The van der Waals surface area contributed by atoms with Gasteiger partial charge < -0.3 is 20.3 Å². The first-order valence-electron chi connectivity index (χ1n) is 5.91. The highest BCUT2D eigenvalue weighted by Gasteiger charge is 2.53. The lowest BCUT2D eigenvalue weighted by molar-refractivity contribution is -0.158. The zero-order chi connectivity index (χ0) is 12.9. The normalized spacial score (nSPS) is 35.1. The number of carboxylic acids is 1. The predicted octanol–water partition coefficient (Wildman–Crippen LogP) is -0.970.